The lowest BCUT2D eigenvalue weighted by atomic mass is 10.2. The second-order valence-corrected chi connectivity index (χ2v) is 4.47. The molecule has 1 amide bonds. The van der Waals surface area contributed by atoms with Crippen LogP contribution in [0.25, 0.3) is 0 Å². The molecule has 1 aromatic heterocycles. The van der Waals surface area contributed by atoms with E-state index in [-0.39, 0.29) is 24.0 Å². The predicted octanol–water partition coefficient (Wildman–Crippen LogP) is 2.37. The van der Waals surface area contributed by atoms with E-state index >= 15 is 0 Å². The maximum atomic E-state index is 13.5. The summed E-state index contributed by atoms with van der Waals surface area (Å²) in [7, 11) is 0. The highest BCUT2D eigenvalue weighted by atomic mass is 19.1. The van der Waals surface area contributed by atoms with Crippen LogP contribution < -0.4 is 10.6 Å². The Morgan fingerprint density at radius 2 is 2.10 bits per heavy atom. The Hall–Kier alpha value is -2.50. The zero-order chi connectivity index (χ0) is 15.1. The van der Waals surface area contributed by atoms with Crippen molar-refractivity contribution in [3.8, 4) is 0 Å². The van der Waals surface area contributed by atoms with Gasteiger partial charge >= 0.3 is 0 Å². The van der Waals surface area contributed by atoms with Gasteiger partial charge in [-0.15, -0.1) is 0 Å². The molecule has 0 aliphatic rings. The van der Waals surface area contributed by atoms with Crippen molar-refractivity contribution in [2.24, 2.45) is 0 Å². The zero-order valence-corrected chi connectivity index (χ0v) is 11.8. The molecule has 2 aromatic rings. The lowest BCUT2D eigenvalue weighted by molar-refractivity contribution is 0.0948. The summed E-state index contributed by atoms with van der Waals surface area (Å²) in [4.78, 5) is 19.9. The SMILES string of the molecule is CCCNC(=O)c1ccnc(NCc2ccccc2F)n1. The molecule has 6 heteroatoms. The van der Waals surface area contributed by atoms with Crippen molar-refractivity contribution in [3.63, 3.8) is 0 Å². The zero-order valence-electron chi connectivity index (χ0n) is 11.8. The van der Waals surface area contributed by atoms with Gasteiger partial charge in [0.15, 0.2) is 0 Å². The predicted molar refractivity (Wildman–Crippen MR) is 78.4 cm³/mol. The van der Waals surface area contributed by atoms with E-state index in [2.05, 4.69) is 20.6 Å². The van der Waals surface area contributed by atoms with Gasteiger partial charge in [-0.1, -0.05) is 25.1 Å². The van der Waals surface area contributed by atoms with E-state index in [4.69, 9.17) is 0 Å². The molecule has 5 nitrogen and oxygen atoms in total. The van der Waals surface area contributed by atoms with Gasteiger partial charge in [0.05, 0.1) is 0 Å². The van der Waals surface area contributed by atoms with E-state index in [0.717, 1.165) is 6.42 Å². The minimum Gasteiger partial charge on any atom is -0.351 e. The highest BCUT2D eigenvalue weighted by Crippen LogP contribution is 2.08. The van der Waals surface area contributed by atoms with Gasteiger partial charge in [0.25, 0.3) is 5.91 Å². The summed E-state index contributed by atoms with van der Waals surface area (Å²) in [6.07, 6.45) is 2.35. The van der Waals surface area contributed by atoms with Gasteiger partial charge in [0.1, 0.15) is 11.5 Å². The molecule has 1 heterocycles. The van der Waals surface area contributed by atoms with Crippen LogP contribution in [0.4, 0.5) is 10.3 Å². The molecule has 0 bridgehead atoms. The molecule has 0 fully saturated rings. The van der Waals surface area contributed by atoms with Crippen LogP contribution in [0, 0.1) is 5.82 Å². The molecule has 0 spiro atoms. The lowest BCUT2D eigenvalue weighted by Gasteiger charge is -2.07. The third-order valence-electron chi connectivity index (χ3n) is 2.82. The Bertz CT molecular complexity index is 618. The number of aromatic nitrogens is 2. The average Bonchev–Trinajstić information content (AvgIpc) is 2.52. The van der Waals surface area contributed by atoms with Gasteiger partial charge < -0.3 is 10.6 Å². The molecule has 0 unspecified atom stereocenters. The third-order valence-corrected chi connectivity index (χ3v) is 2.82. The molecule has 0 saturated carbocycles. The number of nitrogens with zero attached hydrogens (tertiary/aromatic N) is 2. The second-order valence-electron chi connectivity index (χ2n) is 4.47. The summed E-state index contributed by atoms with van der Waals surface area (Å²) in [6.45, 7) is 2.83. The van der Waals surface area contributed by atoms with E-state index in [1.54, 1.807) is 24.3 Å². The first-order chi connectivity index (χ1) is 10.2. The van der Waals surface area contributed by atoms with Crippen LogP contribution in [0.2, 0.25) is 0 Å². The van der Waals surface area contributed by atoms with Crippen LogP contribution in [0.15, 0.2) is 36.5 Å². The Kier molecular flexibility index (Phi) is 5.20. The summed E-state index contributed by atoms with van der Waals surface area (Å²) >= 11 is 0. The number of amides is 1. The second kappa shape index (κ2) is 7.33. The normalized spacial score (nSPS) is 10.2. The van der Waals surface area contributed by atoms with E-state index in [1.165, 1.54) is 12.3 Å². The number of hydrogen-bond acceptors (Lipinski definition) is 4. The molecule has 1 aromatic carbocycles. The molecule has 2 N–H and O–H groups in total. The monoisotopic (exact) mass is 288 g/mol. The first-order valence-corrected chi connectivity index (χ1v) is 6.79. The van der Waals surface area contributed by atoms with E-state index in [0.29, 0.717) is 18.1 Å². The minimum absolute atomic E-state index is 0.242. The lowest BCUT2D eigenvalue weighted by Crippen LogP contribution is -2.25. The van der Waals surface area contributed by atoms with Gasteiger partial charge in [0.2, 0.25) is 5.95 Å². The maximum absolute atomic E-state index is 13.5. The summed E-state index contributed by atoms with van der Waals surface area (Å²) in [5, 5.41) is 5.65. The highest BCUT2D eigenvalue weighted by Gasteiger charge is 2.08. The van der Waals surface area contributed by atoms with Crippen molar-refractivity contribution in [2.45, 2.75) is 19.9 Å². The summed E-state index contributed by atoms with van der Waals surface area (Å²) in [5.74, 6) is -0.238. The van der Waals surface area contributed by atoms with E-state index in [9.17, 15) is 9.18 Å². The quantitative estimate of drug-likeness (QED) is 0.856. The molecule has 110 valence electrons. The number of rotatable bonds is 6. The van der Waals surface area contributed by atoms with Gasteiger partial charge in [0, 0.05) is 24.8 Å². The van der Waals surface area contributed by atoms with E-state index < -0.39 is 0 Å². The van der Waals surface area contributed by atoms with Gasteiger partial charge in [-0.25, -0.2) is 14.4 Å². The van der Waals surface area contributed by atoms with E-state index in [1.807, 2.05) is 6.92 Å². The number of carbonyl (C=O) groups excluding carboxylic acids is 1. The van der Waals surface area contributed by atoms with Crippen molar-refractivity contribution < 1.29 is 9.18 Å². The third kappa shape index (κ3) is 4.24. The fourth-order valence-electron chi connectivity index (χ4n) is 1.72. The number of anilines is 1. The largest absolute Gasteiger partial charge is 0.351 e. The average molecular weight is 288 g/mol. The molecular weight excluding hydrogens is 271 g/mol. The van der Waals surface area contributed by atoms with Crippen LogP contribution in [-0.4, -0.2) is 22.4 Å². The van der Waals surface area contributed by atoms with Crippen molar-refractivity contribution in [1.29, 1.82) is 0 Å². The Morgan fingerprint density at radius 3 is 2.86 bits per heavy atom. The van der Waals surface area contributed by atoms with Crippen molar-refractivity contribution in [1.82, 2.24) is 15.3 Å². The molecule has 2 rings (SSSR count). The molecule has 0 atom stereocenters. The van der Waals surface area contributed by atoms with Crippen molar-refractivity contribution in [2.75, 3.05) is 11.9 Å². The van der Waals surface area contributed by atoms with Gasteiger partial charge in [-0.2, -0.15) is 0 Å². The molecule has 0 saturated heterocycles. The Balaban J connectivity index is 2.01. The topological polar surface area (TPSA) is 66.9 Å². The van der Waals surface area contributed by atoms with Gasteiger partial charge in [-0.05, 0) is 18.6 Å². The standard InChI is InChI=1S/C15H17FN4O/c1-2-8-17-14(21)13-7-9-18-15(20-13)19-10-11-5-3-4-6-12(11)16/h3-7,9H,2,8,10H2,1H3,(H,17,21)(H,18,19,20). The molecular formula is C15H17FN4O. The fourth-order valence-corrected chi connectivity index (χ4v) is 1.72. The highest BCUT2D eigenvalue weighted by molar-refractivity contribution is 5.92. The Morgan fingerprint density at radius 1 is 1.29 bits per heavy atom. The number of carbonyl (C=O) groups is 1. The van der Waals surface area contributed by atoms with Crippen LogP contribution >= 0.6 is 0 Å². The van der Waals surface area contributed by atoms with Crippen molar-refractivity contribution in [3.05, 3.63) is 53.6 Å². The summed E-state index contributed by atoms with van der Waals surface area (Å²) < 4.78 is 13.5. The van der Waals surface area contributed by atoms with Crippen LogP contribution in [0.5, 0.6) is 0 Å². The van der Waals surface area contributed by atoms with Crippen LogP contribution in [0.1, 0.15) is 29.4 Å². The maximum Gasteiger partial charge on any atom is 0.270 e. The molecule has 21 heavy (non-hydrogen) atoms. The minimum atomic E-state index is -0.290. The first-order valence-electron chi connectivity index (χ1n) is 6.79. The number of benzene rings is 1. The molecule has 0 aliphatic carbocycles. The van der Waals surface area contributed by atoms with Crippen LogP contribution in [-0.2, 0) is 6.54 Å². The molecule has 0 aliphatic heterocycles. The first kappa shape index (κ1) is 14.9. The van der Waals surface area contributed by atoms with Gasteiger partial charge in [-0.3, -0.25) is 4.79 Å². The Labute approximate surface area is 122 Å². The van der Waals surface area contributed by atoms with Crippen molar-refractivity contribution >= 4 is 11.9 Å². The number of nitrogens with one attached hydrogen (secondary N) is 2. The van der Waals surface area contributed by atoms with Crippen LogP contribution in [0.3, 0.4) is 0 Å². The number of halogens is 1. The summed E-state index contributed by atoms with van der Waals surface area (Å²) in [6, 6.07) is 8.01. The fraction of sp³-hybridized carbons (Fsp3) is 0.267. The number of hydrogen-bond donors (Lipinski definition) is 2. The molecule has 0 radical (unpaired) electrons. The smallest absolute Gasteiger partial charge is 0.270 e. The summed E-state index contributed by atoms with van der Waals surface area (Å²) in [5.41, 5.74) is 0.802.